The maximum Gasteiger partial charge on any atom is 0.333 e. The third-order valence-corrected chi connectivity index (χ3v) is 4.00. The molecular weight excluding hydrogens is 274 g/mol. The van der Waals surface area contributed by atoms with E-state index in [1.807, 2.05) is 6.92 Å². The van der Waals surface area contributed by atoms with Crippen molar-refractivity contribution in [3.8, 4) is 0 Å². The average Bonchev–Trinajstić information content (AvgIpc) is 2.75. The number of primary amides is 1. The zero-order chi connectivity index (χ0) is 15.6. The monoisotopic (exact) mass is 295 g/mol. The van der Waals surface area contributed by atoms with Crippen LogP contribution in [0.5, 0.6) is 0 Å². The zero-order valence-electron chi connectivity index (χ0n) is 12.3. The number of rotatable bonds is 5. The van der Waals surface area contributed by atoms with E-state index in [4.69, 9.17) is 5.73 Å². The van der Waals surface area contributed by atoms with Crippen molar-refractivity contribution in [2.24, 2.45) is 11.7 Å². The van der Waals surface area contributed by atoms with Gasteiger partial charge in [-0.2, -0.15) is 5.10 Å². The molecule has 1 aliphatic carbocycles. The van der Waals surface area contributed by atoms with Crippen molar-refractivity contribution < 1.29 is 9.72 Å². The van der Waals surface area contributed by atoms with Crippen LogP contribution in [-0.2, 0) is 11.3 Å². The molecule has 0 radical (unpaired) electrons. The number of nitrogens with zero attached hydrogens (tertiary/aromatic N) is 3. The molecule has 8 nitrogen and oxygen atoms in total. The van der Waals surface area contributed by atoms with Crippen molar-refractivity contribution in [3.63, 3.8) is 0 Å². The number of carbonyl (C=O) groups is 1. The number of nitro groups is 1. The Labute approximate surface area is 122 Å². The molecule has 0 unspecified atom stereocenters. The Balaban J connectivity index is 2.22. The fraction of sp³-hybridized carbons (Fsp3) is 0.692. The Kier molecular flexibility index (Phi) is 4.44. The van der Waals surface area contributed by atoms with Crippen LogP contribution < -0.4 is 11.1 Å². The van der Waals surface area contributed by atoms with Gasteiger partial charge < -0.3 is 11.1 Å². The lowest BCUT2D eigenvalue weighted by atomic mass is 9.85. The van der Waals surface area contributed by atoms with Gasteiger partial charge in [0.05, 0.1) is 4.92 Å². The summed E-state index contributed by atoms with van der Waals surface area (Å²) in [6.45, 7) is 4.06. The van der Waals surface area contributed by atoms with Gasteiger partial charge in [0.15, 0.2) is 0 Å². The van der Waals surface area contributed by atoms with E-state index in [2.05, 4.69) is 10.4 Å². The van der Waals surface area contributed by atoms with Gasteiger partial charge in [-0.25, -0.2) is 4.68 Å². The van der Waals surface area contributed by atoms with Crippen LogP contribution in [0.3, 0.4) is 0 Å². The second-order valence-electron chi connectivity index (χ2n) is 5.46. The summed E-state index contributed by atoms with van der Waals surface area (Å²) in [7, 11) is 0. The van der Waals surface area contributed by atoms with E-state index >= 15 is 0 Å². The van der Waals surface area contributed by atoms with Crippen LogP contribution in [0.15, 0.2) is 0 Å². The van der Waals surface area contributed by atoms with E-state index in [0.29, 0.717) is 24.5 Å². The summed E-state index contributed by atoms with van der Waals surface area (Å²) in [6.07, 6.45) is 3.16. The van der Waals surface area contributed by atoms with Crippen LogP contribution in [0.2, 0.25) is 0 Å². The summed E-state index contributed by atoms with van der Waals surface area (Å²) < 4.78 is 1.60. The molecule has 1 amide bonds. The molecule has 8 heteroatoms. The zero-order valence-corrected chi connectivity index (χ0v) is 12.3. The molecule has 1 aliphatic rings. The third kappa shape index (κ3) is 3.14. The summed E-state index contributed by atoms with van der Waals surface area (Å²) in [5.74, 6) is -0.0271. The first-order valence-electron chi connectivity index (χ1n) is 7.21. The van der Waals surface area contributed by atoms with E-state index in [0.717, 1.165) is 19.3 Å². The molecule has 1 heterocycles. The Morgan fingerprint density at radius 3 is 2.86 bits per heavy atom. The first-order chi connectivity index (χ1) is 9.93. The number of anilines is 1. The fourth-order valence-corrected chi connectivity index (χ4v) is 2.93. The van der Waals surface area contributed by atoms with Crippen LogP contribution in [0.4, 0.5) is 11.5 Å². The maximum atomic E-state index is 11.3. The largest absolute Gasteiger partial charge is 0.369 e. The predicted molar refractivity (Wildman–Crippen MR) is 77.9 cm³/mol. The predicted octanol–water partition coefficient (Wildman–Crippen LogP) is 1.58. The van der Waals surface area contributed by atoms with Gasteiger partial charge in [0.25, 0.3) is 0 Å². The van der Waals surface area contributed by atoms with Crippen molar-refractivity contribution >= 4 is 17.4 Å². The second-order valence-corrected chi connectivity index (χ2v) is 5.46. The maximum absolute atomic E-state index is 11.3. The van der Waals surface area contributed by atoms with Crippen molar-refractivity contribution in [1.29, 1.82) is 0 Å². The van der Waals surface area contributed by atoms with Crippen molar-refractivity contribution in [1.82, 2.24) is 9.78 Å². The van der Waals surface area contributed by atoms with Gasteiger partial charge in [-0.15, -0.1) is 0 Å². The van der Waals surface area contributed by atoms with Crippen LogP contribution in [0, 0.1) is 23.0 Å². The Hall–Kier alpha value is -2.12. The summed E-state index contributed by atoms with van der Waals surface area (Å²) in [4.78, 5) is 22.1. The molecule has 3 N–H and O–H groups in total. The normalized spacial score (nSPS) is 22.0. The number of amides is 1. The molecule has 1 fully saturated rings. The Morgan fingerprint density at radius 1 is 1.57 bits per heavy atom. The lowest BCUT2D eigenvalue weighted by Gasteiger charge is -2.28. The van der Waals surface area contributed by atoms with Gasteiger partial charge in [0, 0.05) is 18.5 Å². The van der Waals surface area contributed by atoms with E-state index in [-0.39, 0.29) is 23.6 Å². The van der Waals surface area contributed by atoms with Gasteiger partial charge in [-0.05, 0) is 33.1 Å². The molecule has 2 rings (SSSR count). The standard InChI is InChI=1S/C13H21N5O3/c1-3-17-13(11(18(20)21)8(2)16-17)15-10-6-4-5-9(7-10)12(14)19/h9-10,15H,3-7H2,1-2H3,(H2,14,19)/t9-,10-/m1/s1. The highest BCUT2D eigenvalue weighted by Gasteiger charge is 2.30. The SMILES string of the molecule is CCn1nc(C)c([N+](=O)[O-])c1N[C@@H]1CCC[C@@H](C(N)=O)C1. The highest BCUT2D eigenvalue weighted by atomic mass is 16.6. The summed E-state index contributed by atoms with van der Waals surface area (Å²) in [6, 6.07) is 0.0105. The van der Waals surface area contributed by atoms with Crippen LogP contribution in [0.1, 0.15) is 38.3 Å². The molecule has 0 saturated heterocycles. The molecule has 1 aromatic heterocycles. The van der Waals surface area contributed by atoms with Crippen LogP contribution >= 0.6 is 0 Å². The number of hydrogen-bond acceptors (Lipinski definition) is 5. The first-order valence-corrected chi connectivity index (χ1v) is 7.21. The molecule has 1 aromatic rings. The van der Waals surface area contributed by atoms with Gasteiger partial charge in [-0.1, -0.05) is 6.42 Å². The second kappa shape index (κ2) is 6.11. The van der Waals surface area contributed by atoms with Crippen molar-refractivity contribution in [3.05, 3.63) is 15.8 Å². The highest BCUT2D eigenvalue weighted by molar-refractivity contribution is 5.76. The highest BCUT2D eigenvalue weighted by Crippen LogP contribution is 2.32. The van der Waals surface area contributed by atoms with Crippen molar-refractivity contribution in [2.45, 2.75) is 52.1 Å². The quantitative estimate of drug-likeness (QED) is 0.632. The number of nitrogens with one attached hydrogen (secondary N) is 1. The Morgan fingerprint density at radius 2 is 2.29 bits per heavy atom. The molecule has 0 aromatic carbocycles. The first kappa shape index (κ1) is 15.3. The minimum atomic E-state index is -0.411. The molecule has 0 spiro atoms. The molecule has 2 atom stereocenters. The lowest BCUT2D eigenvalue weighted by molar-refractivity contribution is -0.384. The fourth-order valence-electron chi connectivity index (χ4n) is 2.93. The molecule has 0 bridgehead atoms. The topological polar surface area (TPSA) is 116 Å². The van der Waals surface area contributed by atoms with E-state index < -0.39 is 4.92 Å². The van der Waals surface area contributed by atoms with Gasteiger partial charge in [0.2, 0.25) is 11.7 Å². The molecule has 1 saturated carbocycles. The molecule has 0 aliphatic heterocycles. The van der Waals surface area contributed by atoms with Crippen LogP contribution in [-0.4, -0.2) is 26.7 Å². The summed E-state index contributed by atoms with van der Waals surface area (Å²) >= 11 is 0. The minimum Gasteiger partial charge on any atom is -0.369 e. The van der Waals surface area contributed by atoms with E-state index in [9.17, 15) is 14.9 Å². The van der Waals surface area contributed by atoms with Crippen LogP contribution in [0.25, 0.3) is 0 Å². The number of carbonyl (C=O) groups excluding carboxylic acids is 1. The summed E-state index contributed by atoms with van der Waals surface area (Å²) in [5, 5.41) is 18.6. The number of nitrogens with two attached hydrogens (primary N) is 1. The Bertz CT molecular complexity index is 554. The smallest absolute Gasteiger partial charge is 0.333 e. The molecule has 21 heavy (non-hydrogen) atoms. The lowest BCUT2D eigenvalue weighted by Crippen LogP contribution is -2.34. The number of aryl methyl sites for hydroxylation is 2. The van der Waals surface area contributed by atoms with Gasteiger partial charge in [0.1, 0.15) is 5.69 Å². The van der Waals surface area contributed by atoms with Gasteiger partial charge >= 0.3 is 5.69 Å². The average molecular weight is 295 g/mol. The molecular formula is C13H21N5O3. The minimum absolute atomic E-state index is 0.0105. The van der Waals surface area contributed by atoms with Gasteiger partial charge in [-0.3, -0.25) is 14.9 Å². The molecule has 116 valence electrons. The number of aromatic nitrogens is 2. The number of hydrogen-bond donors (Lipinski definition) is 2. The summed E-state index contributed by atoms with van der Waals surface area (Å²) in [5.41, 5.74) is 5.78. The van der Waals surface area contributed by atoms with E-state index in [1.165, 1.54) is 0 Å². The van der Waals surface area contributed by atoms with Crippen molar-refractivity contribution in [2.75, 3.05) is 5.32 Å². The third-order valence-electron chi connectivity index (χ3n) is 4.00. The van der Waals surface area contributed by atoms with E-state index in [1.54, 1.807) is 11.6 Å².